The molecule has 1 fully saturated rings. The molecule has 0 saturated heterocycles. The number of benzene rings is 1. The van der Waals surface area contributed by atoms with E-state index in [9.17, 15) is 14.7 Å². The maximum Gasteiger partial charge on any atom is 0.313 e. The third-order valence-corrected chi connectivity index (χ3v) is 3.70. The Balaban J connectivity index is 2.19. The Morgan fingerprint density at radius 1 is 1.35 bits per heavy atom. The van der Waals surface area contributed by atoms with Crippen LogP contribution in [0.3, 0.4) is 0 Å². The largest absolute Gasteiger partial charge is 0.508 e. The van der Waals surface area contributed by atoms with Gasteiger partial charge in [0.05, 0.1) is 25.0 Å². The highest BCUT2D eigenvalue weighted by atomic mass is 16.5. The van der Waals surface area contributed by atoms with Crippen molar-refractivity contribution in [1.29, 1.82) is 0 Å². The first-order valence-electron chi connectivity index (χ1n) is 6.56. The number of carbonyl (C=O) groups is 2. The monoisotopic (exact) mass is 278 g/mol. The van der Waals surface area contributed by atoms with Crippen molar-refractivity contribution in [2.45, 2.75) is 19.8 Å². The van der Waals surface area contributed by atoms with Gasteiger partial charge in [0.25, 0.3) is 0 Å². The number of aromatic hydroxyl groups is 1. The number of hydrogen-bond donors (Lipinski definition) is 1. The van der Waals surface area contributed by atoms with Crippen molar-refractivity contribution in [3.63, 3.8) is 0 Å². The molecule has 0 amide bonds. The average molecular weight is 278 g/mol. The SMILES string of the molecule is CCOC(=O)[C@@]1(Cc2ccc(O)cc2)C[C@@H]1C(=O)OC. The highest BCUT2D eigenvalue weighted by molar-refractivity contribution is 5.91. The zero-order chi connectivity index (χ0) is 14.8. The van der Waals surface area contributed by atoms with Gasteiger partial charge in [-0.3, -0.25) is 9.59 Å². The van der Waals surface area contributed by atoms with Gasteiger partial charge in [-0.1, -0.05) is 12.1 Å². The number of rotatable bonds is 5. The summed E-state index contributed by atoms with van der Waals surface area (Å²) in [7, 11) is 1.32. The molecule has 0 aliphatic heterocycles. The molecule has 20 heavy (non-hydrogen) atoms. The molecule has 0 aromatic heterocycles. The number of ether oxygens (including phenoxy) is 2. The topological polar surface area (TPSA) is 72.8 Å². The van der Waals surface area contributed by atoms with E-state index < -0.39 is 11.3 Å². The molecule has 1 aromatic carbocycles. The van der Waals surface area contributed by atoms with Gasteiger partial charge in [-0.15, -0.1) is 0 Å². The lowest BCUT2D eigenvalue weighted by molar-refractivity contribution is -0.154. The van der Waals surface area contributed by atoms with Gasteiger partial charge >= 0.3 is 11.9 Å². The van der Waals surface area contributed by atoms with E-state index in [4.69, 9.17) is 9.47 Å². The first kappa shape index (κ1) is 14.4. The van der Waals surface area contributed by atoms with Crippen molar-refractivity contribution in [1.82, 2.24) is 0 Å². The molecule has 0 radical (unpaired) electrons. The summed E-state index contributed by atoms with van der Waals surface area (Å²) in [4.78, 5) is 23.8. The fraction of sp³-hybridized carbons (Fsp3) is 0.467. The van der Waals surface area contributed by atoms with Crippen molar-refractivity contribution < 1.29 is 24.2 Å². The van der Waals surface area contributed by atoms with Crippen LogP contribution in [0.5, 0.6) is 5.75 Å². The van der Waals surface area contributed by atoms with Crippen LogP contribution in [0.15, 0.2) is 24.3 Å². The number of hydrogen-bond acceptors (Lipinski definition) is 5. The minimum atomic E-state index is -0.819. The Hall–Kier alpha value is -2.04. The predicted molar refractivity (Wildman–Crippen MR) is 71.0 cm³/mol. The van der Waals surface area contributed by atoms with Gasteiger partial charge < -0.3 is 14.6 Å². The molecule has 1 saturated carbocycles. The lowest BCUT2D eigenvalue weighted by atomic mass is 9.93. The third-order valence-electron chi connectivity index (χ3n) is 3.70. The van der Waals surface area contributed by atoms with E-state index in [0.29, 0.717) is 12.8 Å². The van der Waals surface area contributed by atoms with Crippen molar-refractivity contribution in [3.05, 3.63) is 29.8 Å². The lowest BCUT2D eigenvalue weighted by Gasteiger charge is -2.15. The van der Waals surface area contributed by atoms with E-state index in [-0.39, 0.29) is 24.3 Å². The predicted octanol–water partition coefficient (Wildman–Crippen LogP) is 1.68. The molecule has 1 aromatic rings. The third kappa shape index (κ3) is 2.61. The maximum absolute atomic E-state index is 12.1. The highest BCUT2D eigenvalue weighted by Crippen LogP contribution is 2.56. The molecule has 1 aliphatic rings. The van der Waals surface area contributed by atoms with Gasteiger partial charge in [0.1, 0.15) is 5.75 Å². The summed E-state index contributed by atoms with van der Waals surface area (Å²) in [6.07, 6.45) is 0.852. The Kier molecular flexibility index (Phi) is 3.97. The zero-order valence-electron chi connectivity index (χ0n) is 11.6. The molecule has 0 unspecified atom stereocenters. The number of carbonyl (C=O) groups excluding carboxylic acids is 2. The van der Waals surface area contributed by atoms with E-state index in [1.54, 1.807) is 31.2 Å². The fourth-order valence-corrected chi connectivity index (χ4v) is 2.50. The summed E-state index contributed by atoms with van der Waals surface area (Å²) in [5, 5.41) is 9.28. The Morgan fingerprint density at radius 2 is 2.00 bits per heavy atom. The van der Waals surface area contributed by atoms with Crippen LogP contribution in [-0.4, -0.2) is 30.8 Å². The van der Waals surface area contributed by atoms with Crippen molar-refractivity contribution in [2.24, 2.45) is 11.3 Å². The van der Waals surface area contributed by atoms with Crippen molar-refractivity contribution in [2.75, 3.05) is 13.7 Å². The first-order chi connectivity index (χ1) is 9.53. The summed E-state index contributed by atoms with van der Waals surface area (Å²) < 4.78 is 9.82. The smallest absolute Gasteiger partial charge is 0.313 e. The molecular formula is C15H18O5. The van der Waals surface area contributed by atoms with Crippen LogP contribution in [0, 0.1) is 11.3 Å². The van der Waals surface area contributed by atoms with Gasteiger partial charge in [-0.05, 0) is 37.5 Å². The zero-order valence-corrected chi connectivity index (χ0v) is 11.6. The molecule has 5 heteroatoms. The van der Waals surface area contributed by atoms with E-state index in [0.717, 1.165) is 5.56 Å². The minimum absolute atomic E-state index is 0.166. The Bertz CT molecular complexity index is 508. The molecule has 1 N–H and O–H groups in total. The molecule has 0 spiro atoms. The molecule has 2 atom stereocenters. The number of esters is 2. The second-order valence-corrected chi connectivity index (χ2v) is 5.00. The molecule has 1 aliphatic carbocycles. The quantitative estimate of drug-likeness (QED) is 0.829. The van der Waals surface area contributed by atoms with Crippen LogP contribution in [0.1, 0.15) is 18.9 Å². The number of phenols is 1. The van der Waals surface area contributed by atoms with E-state index in [1.165, 1.54) is 7.11 Å². The Labute approximate surface area is 117 Å². The second-order valence-electron chi connectivity index (χ2n) is 5.00. The molecule has 5 nitrogen and oxygen atoms in total. The van der Waals surface area contributed by atoms with Crippen LogP contribution in [0.4, 0.5) is 0 Å². The van der Waals surface area contributed by atoms with Crippen LogP contribution >= 0.6 is 0 Å². The standard InChI is InChI=1S/C15H18O5/c1-3-20-14(18)15(9-12(15)13(17)19-2)8-10-4-6-11(16)7-5-10/h4-7,12,16H,3,8-9H2,1-2H3/t12-,15+/m1/s1. The van der Waals surface area contributed by atoms with E-state index in [2.05, 4.69) is 0 Å². The van der Waals surface area contributed by atoms with Gasteiger partial charge in [-0.2, -0.15) is 0 Å². The number of methoxy groups -OCH3 is 1. The van der Waals surface area contributed by atoms with Crippen LogP contribution < -0.4 is 0 Å². The maximum atomic E-state index is 12.1. The van der Waals surface area contributed by atoms with Gasteiger partial charge in [-0.25, -0.2) is 0 Å². The van der Waals surface area contributed by atoms with Crippen LogP contribution in [0.2, 0.25) is 0 Å². The van der Waals surface area contributed by atoms with E-state index in [1.807, 2.05) is 0 Å². The summed E-state index contributed by atoms with van der Waals surface area (Å²) in [5.74, 6) is -1.01. The average Bonchev–Trinajstić information content (AvgIpc) is 3.16. The first-order valence-corrected chi connectivity index (χ1v) is 6.56. The summed E-state index contributed by atoms with van der Waals surface area (Å²) in [6.45, 7) is 2.02. The molecule has 108 valence electrons. The van der Waals surface area contributed by atoms with Gasteiger partial charge in [0.15, 0.2) is 0 Å². The highest BCUT2D eigenvalue weighted by Gasteiger charge is 2.65. The fourth-order valence-electron chi connectivity index (χ4n) is 2.50. The molecular weight excluding hydrogens is 260 g/mol. The number of phenolic OH excluding ortho intramolecular Hbond substituents is 1. The normalized spacial score (nSPS) is 24.0. The van der Waals surface area contributed by atoms with Gasteiger partial charge in [0.2, 0.25) is 0 Å². The van der Waals surface area contributed by atoms with Crippen molar-refractivity contribution >= 4 is 11.9 Å². The lowest BCUT2D eigenvalue weighted by Crippen LogP contribution is -2.26. The second kappa shape index (κ2) is 5.53. The van der Waals surface area contributed by atoms with E-state index >= 15 is 0 Å². The van der Waals surface area contributed by atoms with Gasteiger partial charge in [0, 0.05) is 0 Å². The Morgan fingerprint density at radius 3 is 2.55 bits per heavy atom. The summed E-state index contributed by atoms with van der Waals surface area (Å²) >= 11 is 0. The minimum Gasteiger partial charge on any atom is -0.508 e. The van der Waals surface area contributed by atoms with Crippen molar-refractivity contribution in [3.8, 4) is 5.75 Å². The van der Waals surface area contributed by atoms with Crippen LogP contribution in [-0.2, 0) is 25.5 Å². The van der Waals surface area contributed by atoms with Crippen LogP contribution in [0.25, 0.3) is 0 Å². The molecule has 0 bridgehead atoms. The summed E-state index contributed by atoms with van der Waals surface area (Å²) in [5.41, 5.74) is 0.0577. The molecule has 2 rings (SSSR count). The molecule has 0 heterocycles. The summed E-state index contributed by atoms with van der Waals surface area (Å²) in [6, 6.07) is 6.60.